The van der Waals surface area contributed by atoms with Gasteiger partial charge in [-0.25, -0.2) is 0 Å². The number of amides is 1. The van der Waals surface area contributed by atoms with Gasteiger partial charge in [-0.1, -0.05) is 41.6 Å². The second kappa shape index (κ2) is 11.5. The highest BCUT2D eigenvalue weighted by Crippen LogP contribution is 2.23. The lowest BCUT2D eigenvalue weighted by atomic mass is 10.1. The Balaban J connectivity index is 1.22. The molecule has 176 valence electrons. The maximum atomic E-state index is 12.6. The molecule has 1 amide bonds. The summed E-state index contributed by atoms with van der Waals surface area (Å²) in [5.74, 6) is 0.534. The van der Waals surface area contributed by atoms with Crippen LogP contribution in [0.4, 0.5) is 0 Å². The van der Waals surface area contributed by atoms with Gasteiger partial charge >= 0.3 is 0 Å². The van der Waals surface area contributed by atoms with Gasteiger partial charge < -0.3 is 15.2 Å². The molecule has 0 aliphatic rings. The zero-order valence-corrected chi connectivity index (χ0v) is 19.7. The number of nitrogens with zero attached hydrogens (tertiary/aromatic N) is 4. The normalized spacial score (nSPS) is 12.8. The smallest absolute Gasteiger partial charge is 0.261 e. The minimum absolute atomic E-state index is 0.142. The van der Waals surface area contributed by atoms with E-state index in [0.29, 0.717) is 42.3 Å². The number of nitrogens with one attached hydrogen (secondary N) is 1. The van der Waals surface area contributed by atoms with E-state index in [9.17, 15) is 9.90 Å². The first kappa shape index (κ1) is 23.6. The van der Waals surface area contributed by atoms with Crippen LogP contribution in [0.15, 0.2) is 72.4 Å². The fraction of sp³-hybridized carbons (Fsp3) is 0.280. The number of aliphatic hydroxyl groups excluding tert-OH is 1. The summed E-state index contributed by atoms with van der Waals surface area (Å²) in [5.41, 5.74) is 2.51. The fourth-order valence-corrected chi connectivity index (χ4v) is 4.15. The highest BCUT2D eigenvalue weighted by atomic mass is 32.1. The molecule has 3 aromatic heterocycles. The van der Waals surface area contributed by atoms with Crippen molar-refractivity contribution in [3.8, 4) is 5.75 Å². The second-order valence-electron chi connectivity index (χ2n) is 8.04. The Kier molecular flexibility index (Phi) is 8.00. The van der Waals surface area contributed by atoms with E-state index in [4.69, 9.17) is 4.74 Å². The third-order valence-corrected chi connectivity index (χ3v) is 6.08. The summed E-state index contributed by atoms with van der Waals surface area (Å²) in [4.78, 5) is 17.4. The van der Waals surface area contributed by atoms with Crippen LogP contribution >= 0.6 is 11.3 Å². The molecule has 3 heterocycles. The SMILES string of the molecule is C[C@@H](Cn1cc(CCC(O)c2ccccn2)nn1)NC(=O)c1cc(OCc2ccccc2)cs1. The van der Waals surface area contributed by atoms with Gasteiger partial charge in [0.25, 0.3) is 5.91 Å². The Hall–Kier alpha value is -3.56. The van der Waals surface area contributed by atoms with Crippen LogP contribution in [0.5, 0.6) is 5.75 Å². The summed E-state index contributed by atoms with van der Waals surface area (Å²) in [6.45, 7) is 2.87. The zero-order valence-electron chi connectivity index (χ0n) is 18.9. The van der Waals surface area contributed by atoms with E-state index in [1.165, 1.54) is 11.3 Å². The van der Waals surface area contributed by atoms with E-state index in [0.717, 1.165) is 11.3 Å². The van der Waals surface area contributed by atoms with Gasteiger partial charge in [-0.2, -0.15) is 0 Å². The Morgan fingerprint density at radius 3 is 2.82 bits per heavy atom. The number of benzene rings is 1. The van der Waals surface area contributed by atoms with Crippen molar-refractivity contribution in [2.75, 3.05) is 0 Å². The molecule has 0 aliphatic carbocycles. The number of hydrogen-bond donors (Lipinski definition) is 2. The van der Waals surface area contributed by atoms with Crippen LogP contribution < -0.4 is 10.1 Å². The topological polar surface area (TPSA) is 102 Å². The van der Waals surface area contributed by atoms with Gasteiger partial charge in [-0.05, 0) is 37.5 Å². The van der Waals surface area contributed by atoms with Crippen molar-refractivity contribution in [2.24, 2.45) is 0 Å². The van der Waals surface area contributed by atoms with E-state index in [1.807, 2.05) is 61.0 Å². The number of hydrogen-bond acceptors (Lipinski definition) is 7. The predicted octanol–water partition coefficient (Wildman–Crippen LogP) is 3.80. The van der Waals surface area contributed by atoms with Gasteiger partial charge in [0.05, 0.1) is 28.9 Å². The van der Waals surface area contributed by atoms with Crippen LogP contribution in [-0.2, 0) is 19.6 Å². The first-order chi connectivity index (χ1) is 16.6. The van der Waals surface area contributed by atoms with Crippen LogP contribution in [0.3, 0.4) is 0 Å². The molecule has 9 heteroatoms. The molecule has 0 radical (unpaired) electrons. The maximum absolute atomic E-state index is 12.6. The predicted molar refractivity (Wildman–Crippen MR) is 130 cm³/mol. The van der Waals surface area contributed by atoms with Crippen molar-refractivity contribution in [1.82, 2.24) is 25.3 Å². The zero-order chi connectivity index (χ0) is 23.8. The minimum atomic E-state index is -0.642. The number of pyridine rings is 1. The Morgan fingerprint density at radius 1 is 1.21 bits per heavy atom. The van der Waals surface area contributed by atoms with E-state index in [1.54, 1.807) is 23.0 Å². The molecule has 34 heavy (non-hydrogen) atoms. The van der Waals surface area contributed by atoms with E-state index < -0.39 is 6.10 Å². The van der Waals surface area contributed by atoms with Crippen molar-refractivity contribution >= 4 is 17.2 Å². The molecule has 2 atom stereocenters. The van der Waals surface area contributed by atoms with E-state index in [-0.39, 0.29) is 11.9 Å². The Labute approximate surface area is 202 Å². The number of aromatic nitrogens is 4. The number of thiophene rings is 1. The highest BCUT2D eigenvalue weighted by molar-refractivity contribution is 7.12. The number of aryl methyl sites for hydroxylation is 1. The number of rotatable bonds is 11. The number of carbonyl (C=O) groups excluding carboxylic acids is 1. The largest absolute Gasteiger partial charge is 0.488 e. The van der Waals surface area contributed by atoms with Crippen molar-refractivity contribution in [1.29, 1.82) is 0 Å². The molecule has 0 bridgehead atoms. The fourth-order valence-electron chi connectivity index (χ4n) is 3.42. The van der Waals surface area contributed by atoms with Crippen LogP contribution in [0.2, 0.25) is 0 Å². The first-order valence-corrected chi connectivity index (χ1v) is 12.0. The Morgan fingerprint density at radius 2 is 2.03 bits per heavy atom. The second-order valence-corrected chi connectivity index (χ2v) is 8.95. The summed E-state index contributed by atoms with van der Waals surface area (Å²) in [6, 6.07) is 17.0. The third kappa shape index (κ3) is 6.72. The van der Waals surface area contributed by atoms with Gasteiger partial charge in [-0.15, -0.1) is 16.4 Å². The van der Waals surface area contributed by atoms with Gasteiger partial charge in [0.2, 0.25) is 0 Å². The molecule has 0 saturated heterocycles. The summed E-state index contributed by atoms with van der Waals surface area (Å²) >= 11 is 1.35. The standard InChI is InChI=1S/C25H27N5O3S/c1-18(14-30-15-20(28-29-30)10-11-23(31)22-9-5-6-12-26-22)27-25(32)24-13-21(17-34-24)33-16-19-7-3-2-4-8-19/h2-9,12-13,15,17-18,23,31H,10-11,14,16H2,1H3,(H,27,32)/t18-,23?/m0/s1. The maximum Gasteiger partial charge on any atom is 0.261 e. The van der Waals surface area contributed by atoms with Crippen molar-refractivity contribution in [3.05, 3.63) is 94.2 Å². The van der Waals surface area contributed by atoms with Crippen molar-refractivity contribution in [3.63, 3.8) is 0 Å². The molecule has 4 aromatic rings. The molecule has 0 aliphatic heterocycles. The van der Waals surface area contributed by atoms with Crippen LogP contribution in [0.1, 0.15) is 46.1 Å². The van der Waals surface area contributed by atoms with Crippen LogP contribution in [-0.4, -0.2) is 37.0 Å². The van der Waals surface area contributed by atoms with Crippen molar-refractivity contribution in [2.45, 2.75) is 45.1 Å². The molecule has 1 unspecified atom stereocenters. The molecule has 4 rings (SSSR count). The monoisotopic (exact) mass is 477 g/mol. The van der Waals surface area contributed by atoms with E-state index in [2.05, 4.69) is 20.6 Å². The lowest BCUT2D eigenvalue weighted by molar-refractivity contribution is 0.0939. The lowest BCUT2D eigenvalue weighted by Crippen LogP contribution is -2.35. The van der Waals surface area contributed by atoms with Gasteiger partial charge in [0, 0.05) is 29.9 Å². The third-order valence-electron chi connectivity index (χ3n) is 5.18. The summed E-state index contributed by atoms with van der Waals surface area (Å²) in [6.07, 6.45) is 3.96. The Bertz CT molecular complexity index is 1180. The molecule has 2 N–H and O–H groups in total. The summed E-state index contributed by atoms with van der Waals surface area (Å²) < 4.78 is 7.49. The molecule has 8 nitrogen and oxygen atoms in total. The number of ether oxygens (including phenoxy) is 1. The van der Waals surface area contributed by atoms with E-state index >= 15 is 0 Å². The molecular formula is C25H27N5O3S. The number of aliphatic hydroxyl groups is 1. The van der Waals surface area contributed by atoms with Gasteiger partial charge in [0.15, 0.2) is 0 Å². The average molecular weight is 478 g/mol. The van der Waals surface area contributed by atoms with Crippen molar-refractivity contribution < 1.29 is 14.6 Å². The van der Waals surface area contributed by atoms with Crippen LogP contribution in [0, 0.1) is 0 Å². The molecular weight excluding hydrogens is 450 g/mol. The summed E-state index contributed by atoms with van der Waals surface area (Å²) in [7, 11) is 0. The van der Waals surface area contributed by atoms with Gasteiger partial charge in [-0.3, -0.25) is 14.5 Å². The summed E-state index contributed by atoms with van der Waals surface area (Å²) in [5, 5.41) is 23.4. The molecule has 0 spiro atoms. The van der Waals surface area contributed by atoms with Gasteiger partial charge in [0.1, 0.15) is 12.4 Å². The molecule has 0 saturated carbocycles. The molecule has 0 fully saturated rings. The minimum Gasteiger partial charge on any atom is -0.488 e. The average Bonchev–Trinajstić information content (AvgIpc) is 3.52. The highest BCUT2D eigenvalue weighted by Gasteiger charge is 2.15. The number of carbonyl (C=O) groups is 1. The van der Waals surface area contributed by atoms with Crippen LogP contribution in [0.25, 0.3) is 0 Å². The molecule has 1 aromatic carbocycles. The lowest BCUT2D eigenvalue weighted by Gasteiger charge is -2.12. The quantitative estimate of drug-likeness (QED) is 0.341. The first-order valence-electron chi connectivity index (χ1n) is 11.1.